The van der Waals surface area contributed by atoms with Crippen LogP contribution in [-0.4, -0.2) is 60.9 Å². The van der Waals surface area contributed by atoms with Crippen molar-refractivity contribution in [1.29, 1.82) is 0 Å². The van der Waals surface area contributed by atoms with Crippen molar-refractivity contribution in [3.63, 3.8) is 0 Å². The molecule has 0 saturated carbocycles. The largest absolute Gasteiger partial charge is 0.492 e. The van der Waals surface area contributed by atoms with Gasteiger partial charge in [-0.1, -0.05) is 36.4 Å². The van der Waals surface area contributed by atoms with Crippen LogP contribution in [0.15, 0.2) is 72.8 Å². The van der Waals surface area contributed by atoms with E-state index < -0.39 is 24.4 Å². The Labute approximate surface area is 240 Å². The Balaban J connectivity index is 1.23. The SMILES string of the molecule is CCO[C@@H](Cc1ccc(OCCN2c3ccccc3Oc3ccccc32)cc1)C(O)ONCCCCC(N)C(=O)O. The lowest BCUT2D eigenvalue weighted by Crippen LogP contribution is -2.38. The minimum Gasteiger partial charge on any atom is -0.492 e. The molecule has 5 N–H and O–H groups in total. The molecule has 0 amide bonds. The lowest BCUT2D eigenvalue weighted by atomic mass is 10.1. The van der Waals surface area contributed by atoms with Gasteiger partial charge >= 0.3 is 5.97 Å². The first-order chi connectivity index (χ1) is 20.0. The molecule has 3 atom stereocenters. The van der Waals surface area contributed by atoms with Gasteiger partial charge in [-0.3, -0.25) is 9.63 Å². The van der Waals surface area contributed by atoms with Crippen LogP contribution < -0.4 is 25.6 Å². The van der Waals surface area contributed by atoms with Crippen LogP contribution in [0.3, 0.4) is 0 Å². The molecule has 0 aliphatic carbocycles. The van der Waals surface area contributed by atoms with Gasteiger partial charge in [0.05, 0.1) is 17.9 Å². The van der Waals surface area contributed by atoms with Crippen molar-refractivity contribution in [2.75, 3.05) is 31.2 Å². The maximum Gasteiger partial charge on any atom is 0.320 e. The third kappa shape index (κ3) is 8.66. The Kier molecular flexibility index (Phi) is 11.4. The molecule has 220 valence electrons. The van der Waals surface area contributed by atoms with E-state index in [1.165, 1.54) is 0 Å². The summed E-state index contributed by atoms with van der Waals surface area (Å²) in [6, 6.07) is 22.8. The van der Waals surface area contributed by atoms with E-state index in [9.17, 15) is 9.90 Å². The number of unbranched alkanes of at least 4 members (excludes halogenated alkanes) is 1. The van der Waals surface area contributed by atoms with E-state index >= 15 is 0 Å². The zero-order valence-electron chi connectivity index (χ0n) is 23.3. The van der Waals surface area contributed by atoms with Crippen molar-refractivity contribution in [2.24, 2.45) is 5.73 Å². The van der Waals surface area contributed by atoms with E-state index in [0.717, 1.165) is 34.2 Å². The monoisotopic (exact) mass is 565 g/mol. The highest BCUT2D eigenvalue weighted by Gasteiger charge is 2.24. The molecule has 1 heterocycles. The number of para-hydroxylation sites is 4. The number of nitrogens with zero attached hydrogens (tertiary/aromatic N) is 1. The van der Waals surface area contributed by atoms with Gasteiger partial charge in [-0.15, -0.1) is 0 Å². The summed E-state index contributed by atoms with van der Waals surface area (Å²) < 4.78 is 17.8. The molecule has 0 fully saturated rings. The lowest BCUT2D eigenvalue weighted by molar-refractivity contribution is -0.207. The molecular formula is C31H39N3O7. The number of aliphatic hydroxyl groups excluding tert-OH is 1. The van der Waals surface area contributed by atoms with Gasteiger partial charge in [0.15, 0.2) is 11.5 Å². The number of hydroxylamine groups is 1. The minimum atomic E-state index is -1.17. The number of benzene rings is 3. The van der Waals surface area contributed by atoms with Crippen molar-refractivity contribution in [3.8, 4) is 17.2 Å². The summed E-state index contributed by atoms with van der Waals surface area (Å²) in [6.45, 7) is 3.86. The van der Waals surface area contributed by atoms with E-state index in [2.05, 4.69) is 10.4 Å². The standard InChI is InChI=1S/C31H39N3O7/c1-2-38-29(31(37)41-33-18-8-7-9-24(32)30(35)36)21-22-14-16-23(17-15-22)39-20-19-34-25-10-3-5-12-27(25)40-28-13-6-4-11-26(28)34/h3-6,10-17,24,29,31,33,37H,2,7-9,18-21,32H2,1H3,(H,35,36)/t24?,29-,31?/m0/s1. The van der Waals surface area contributed by atoms with Crippen molar-refractivity contribution < 1.29 is 34.1 Å². The van der Waals surface area contributed by atoms with Crippen LogP contribution in [0.2, 0.25) is 0 Å². The van der Waals surface area contributed by atoms with Crippen LogP contribution >= 0.6 is 0 Å². The van der Waals surface area contributed by atoms with Crippen LogP contribution in [-0.2, 0) is 20.8 Å². The molecule has 0 aromatic heterocycles. The number of fused-ring (bicyclic) bond motifs is 2. The molecule has 10 nitrogen and oxygen atoms in total. The molecule has 3 aromatic rings. The van der Waals surface area contributed by atoms with Gasteiger partial charge in [0.1, 0.15) is 24.5 Å². The first-order valence-corrected chi connectivity index (χ1v) is 14.0. The van der Waals surface area contributed by atoms with E-state index in [1.807, 2.05) is 79.7 Å². The second-order valence-corrected chi connectivity index (χ2v) is 9.72. The number of carboxylic acids is 1. The summed E-state index contributed by atoms with van der Waals surface area (Å²) in [5.74, 6) is 1.38. The number of carbonyl (C=O) groups is 1. The van der Waals surface area contributed by atoms with Crippen molar-refractivity contribution in [1.82, 2.24) is 5.48 Å². The number of nitrogens with two attached hydrogens (primary N) is 1. The van der Waals surface area contributed by atoms with Crippen molar-refractivity contribution in [2.45, 2.75) is 51.0 Å². The van der Waals surface area contributed by atoms with Gasteiger partial charge in [0, 0.05) is 19.6 Å². The summed E-state index contributed by atoms with van der Waals surface area (Å²) in [6.07, 6.45) is 0.393. The van der Waals surface area contributed by atoms with Gasteiger partial charge < -0.3 is 35.1 Å². The summed E-state index contributed by atoms with van der Waals surface area (Å²) in [7, 11) is 0. The zero-order valence-corrected chi connectivity index (χ0v) is 23.3. The molecule has 2 unspecified atom stereocenters. The molecule has 0 bridgehead atoms. The molecule has 0 spiro atoms. The second-order valence-electron chi connectivity index (χ2n) is 9.72. The van der Waals surface area contributed by atoms with Gasteiger partial charge in [-0.25, -0.2) is 0 Å². The lowest BCUT2D eigenvalue weighted by Gasteiger charge is -2.32. The van der Waals surface area contributed by atoms with Crippen molar-refractivity contribution >= 4 is 17.3 Å². The molecule has 3 aromatic carbocycles. The summed E-state index contributed by atoms with van der Waals surface area (Å²) in [5.41, 5.74) is 11.2. The fraction of sp³-hybridized carbons (Fsp3) is 0.387. The smallest absolute Gasteiger partial charge is 0.320 e. The Hall–Kier alpha value is -3.67. The van der Waals surface area contributed by atoms with Crippen LogP contribution in [0.5, 0.6) is 17.2 Å². The fourth-order valence-electron chi connectivity index (χ4n) is 4.59. The highest BCUT2D eigenvalue weighted by molar-refractivity contribution is 5.77. The average Bonchev–Trinajstić information content (AvgIpc) is 2.98. The molecule has 4 rings (SSSR count). The highest BCUT2D eigenvalue weighted by Crippen LogP contribution is 2.45. The number of aliphatic carboxylic acids is 1. The van der Waals surface area contributed by atoms with E-state index in [-0.39, 0.29) is 0 Å². The Morgan fingerprint density at radius 1 is 1.00 bits per heavy atom. The number of hydrogen-bond acceptors (Lipinski definition) is 9. The molecule has 41 heavy (non-hydrogen) atoms. The van der Waals surface area contributed by atoms with E-state index in [4.69, 9.17) is 29.9 Å². The first kappa shape index (κ1) is 30.3. The van der Waals surface area contributed by atoms with Crippen LogP contribution in [0.25, 0.3) is 0 Å². The summed E-state index contributed by atoms with van der Waals surface area (Å²) >= 11 is 0. The predicted octanol–water partition coefficient (Wildman–Crippen LogP) is 4.38. The summed E-state index contributed by atoms with van der Waals surface area (Å²) in [4.78, 5) is 18.3. The normalized spacial score (nSPS) is 14.4. The number of nitrogens with one attached hydrogen (secondary N) is 1. The van der Waals surface area contributed by atoms with Gasteiger partial charge in [0.25, 0.3) is 0 Å². The molecule has 0 radical (unpaired) electrons. The van der Waals surface area contributed by atoms with E-state index in [0.29, 0.717) is 52.0 Å². The maximum atomic E-state index is 10.8. The number of rotatable bonds is 17. The second kappa shape index (κ2) is 15.4. The molecule has 1 aliphatic rings. The topological polar surface area (TPSA) is 136 Å². The third-order valence-corrected chi connectivity index (χ3v) is 6.74. The third-order valence-electron chi connectivity index (χ3n) is 6.74. The number of hydrogen-bond donors (Lipinski definition) is 4. The Bertz CT molecular complexity index is 1190. The maximum absolute atomic E-state index is 10.8. The number of ether oxygens (including phenoxy) is 3. The molecule has 0 saturated heterocycles. The zero-order chi connectivity index (χ0) is 29.0. The quantitative estimate of drug-likeness (QED) is 0.106. The predicted molar refractivity (Wildman–Crippen MR) is 156 cm³/mol. The Morgan fingerprint density at radius 2 is 1.66 bits per heavy atom. The number of carboxylic acid groups (broad SMARTS) is 1. The number of aliphatic hydroxyl groups is 1. The van der Waals surface area contributed by atoms with Gasteiger partial charge in [0.2, 0.25) is 6.29 Å². The fourth-order valence-corrected chi connectivity index (χ4v) is 4.59. The van der Waals surface area contributed by atoms with Crippen LogP contribution in [0.1, 0.15) is 31.7 Å². The first-order valence-electron chi connectivity index (χ1n) is 14.0. The van der Waals surface area contributed by atoms with Gasteiger partial charge in [-0.2, -0.15) is 5.48 Å². The molecule has 1 aliphatic heterocycles. The summed E-state index contributed by atoms with van der Waals surface area (Å²) in [5, 5.41) is 19.3. The van der Waals surface area contributed by atoms with Crippen molar-refractivity contribution in [3.05, 3.63) is 78.4 Å². The van der Waals surface area contributed by atoms with E-state index in [1.54, 1.807) is 0 Å². The highest BCUT2D eigenvalue weighted by atomic mass is 16.7. The average molecular weight is 566 g/mol. The van der Waals surface area contributed by atoms with Gasteiger partial charge in [-0.05, 0) is 68.1 Å². The van der Waals surface area contributed by atoms with Crippen LogP contribution in [0, 0.1) is 0 Å². The molecular weight excluding hydrogens is 526 g/mol. The van der Waals surface area contributed by atoms with Crippen LogP contribution in [0.4, 0.5) is 11.4 Å². The number of anilines is 2. The Morgan fingerprint density at radius 3 is 2.29 bits per heavy atom. The minimum absolute atomic E-state index is 0.385. The molecule has 10 heteroatoms.